The monoisotopic (exact) mass is 254 g/mol. The predicted molar refractivity (Wildman–Crippen MR) is 78.0 cm³/mol. The van der Waals surface area contributed by atoms with Crippen molar-refractivity contribution in [2.24, 2.45) is 12.8 Å². The maximum absolute atomic E-state index is 5.55. The van der Waals surface area contributed by atoms with Crippen LogP contribution in [0.25, 0.3) is 22.3 Å². The Hall–Kier alpha value is -2.07. The number of nitrogens with two attached hydrogens (primary N) is 1. The summed E-state index contributed by atoms with van der Waals surface area (Å²) in [6.07, 6.45) is 2.66. The molecule has 0 saturated carbocycles. The average Bonchev–Trinajstić information content (AvgIpc) is 2.96. The van der Waals surface area contributed by atoms with E-state index in [1.165, 1.54) is 16.5 Å². The second kappa shape index (κ2) is 4.55. The fourth-order valence-electron chi connectivity index (χ4n) is 2.64. The first-order valence-corrected chi connectivity index (χ1v) is 6.50. The number of aromatic nitrogens is 3. The van der Waals surface area contributed by atoms with Crippen molar-refractivity contribution in [1.29, 1.82) is 0 Å². The predicted octanol–water partition coefficient (Wildman–Crippen LogP) is 2.38. The lowest BCUT2D eigenvalue weighted by molar-refractivity contribution is 0.892. The third-order valence-electron chi connectivity index (χ3n) is 3.54. The topological polar surface area (TPSA) is 59.6 Å². The van der Waals surface area contributed by atoms with Crippen LogP contribution in [0.15, 0.2) is 30.5 Å². The van der Waals surface area contributed by atoms with E-state index in [1.54, 1.807) is 0 Å². The van der Waals surface area contributed by atoms with Crippen molar-refractivity contribution >= 4 is 10.9 Å². The summed E-state index contributed by atoms with van der Waals surface area (Å²) in [4.78, 5) is 7.71. The van der Waals surface area contributed by atoms with Crippen LogP contribution in [0.2, 0.25) is 0 Å². The minimum absolute atomic E-state index is 0.612. The van der Waals surface area contributed by atoms with E-state index >= 15 is 0 Å². The van der Waals surface area contributed by atoms with Crippen LogP contribution in [0.5, 0.6) is 0 Å². The number of nitrogens with one attached hydrogen (secondary N) is 1. The quantitative estimate of drug-likeness (QED) is 0.754. The Labute approximate surface area is 112 Å². The average molecular weight is 254 g/mol. The van der Waals surface area contributed by atoms with E-state index in [-0.39, 0.29) is 0 Å². The Balaban J connectivity index is 2.14. The van der Waals surface area contributed by atoms with Gasteiger partial charge in [0.25, 0.3) is 0 Å². The summed E-state index contributed by atoms with van der Waals surface area (Å²) in [6.45, 7) is 2.75. The highest BCUT2D eigenvalue weighted by molar-refractivity contribution is 5.88. The number of rotatable bonds is 3. The highest BCUT2D eigenvalue weighted by atomic mass is 15.0. The van der Waals surface area contributed by atoms with Gasteiger partial charge in [0.15, 0.2) is 0 Å². The van der Waals surface area contributed by atoms with Crippen molar-refractivity contribution in [3.8, 4) is 11.4 Å². The van der Waals surface area contributed by atoms with Crippen LogP contribution in [0.1, 0.15) is 11.4 Å². The van der Waals surface area contributed by atoms with Crippen LogP contribution >= 0.6 is 0 Å². The van der Waals surface area contributed by atoms with Gasteiger partial charge in [-0.2, -0.15) is 0 Å². The van der Waals surface area contributed by atoms with Crippen LogP contribution < -0.4 is 5.73 Å². The maximum Gasteiger partial charge on any atom is 0.107 e. The molecule has 98 valence electrons. The summed E-state index contributed by atoms with van der Waals surface area (Å²) in [5.41, 5.74) is 10.3. The van der Waals surface area contributed by atoms with Crippen molar-refractivity contribution < 1.29 is 0 Å². The number of para-hydroxylation sites is 1. The van der Waals surface area contributed by atoms with Crippen LogP contribution in [0.4, 0.5) is 0 Å². The molecule has 4 heteroatoms. The van der Waals surface area contributed by atoms with Gasteiger partial charge in [-0.25, -0.2) is 4.98 Å². The molecule has 0 atom stereocenters. The van der Waals surface area contributed by atoms with E-state index in [0.29, 0.717) is 6.54 Å². The molecule has 0 spiro atoms. The van der Waals surface area contributed by atoms with Gasteiger partial charge in [-0.3, -0.25) is 0 Å². The Morgan fingerprint density at radius 2 is 2.21 bits per heavy atom. The SMILES string of the molecule is Cc1cccc2cc(-c3cnc(CCN)[nH]3)n(C)c12. The van der Waals surface area contributed by atoms with Crippen molar-refractivity contribution in [3.63, 3.8) is 0 Å². The molecule has 0 aliphatic heterocycles. The first kappa shape index (κ1) is 12.0. The van der Waals surface area contributed by atoms with Gasteiger partial charge < -0.3 is 15.3 Å². The Bertz CT molecular complexity index is 721. The highest BCUT2D eigenvalue weighted by Gasteiger charge is 2.11. The molecular weight excluding hydrogens is 236 g/mol. The van der Waals surface area contributed by atoms with Crippen molar-refractivity contribution in [2.45, 2.75) is 13.3 Å². The van der Waals surface area contributed by atoms with E-state index in [4.69, 9.17) is 5.73 Å². The van der Waals surface area contributed by atoms with Crippen LogP contribution in [0, 0.1) is 6.92 Å². The van der Waals surface area contributed by atoms with Crippen LogP contribution in [-0.4, -0.2) is 21.1 Å². The summed E-state index contributed by atoms with van der Waals surface area (Å²) in [5, 5.41) is 1.26. The molecule has 0 bridgehead atoms. The lowest BCUT2D eigenvalue weighted by Crippen LogP contribution is -2.03. The molecule has 0 saturated heterocycles. The van der Waals surface area contributed by atoms with Gasteiger partial charge in [0.1, 0.15) is 5.82 Å². The summed E-state index contributed by atoms with van der Waals surface area (Å²) >= 11 is 0. The number of fused-ring (bicyclic) bond motifs is 1. The van der Waals surface area contributed by atoms with Gasteiger partial charge in [-0.05, 0) is 25.1 Å². The van der Waals surface area contributed by atoms with Crippen LogP contribution in [-0.2, 0) is 13.5 Å². The maximum atomic E-state index is 5.55. The normalized spacial score (nSPS) is 11.3. The van der Waals surface area contributed by atoms with Gasteiger partial charge in [-0.15, -0.1) is 0 Å². The second-order valence-corrected chi connectivity index (χ2v) is 4.88. The van der Waals surface area contributed by atoms with Gasteiger partial charge >= 0.3 is 0 Å². The molecular formula is C15H18N4. The molecule has 19 heavy (non-hydrogen) atoms. The smallest absolute Gasteiger partial charge is 0.107 e. The number of imidazole rings is 1. The number of hydrogen-bond acceptors (Lipinski definition) is 2. The van der Waals surface area contributed by atoms with E-state index < -0.39 is 0 Å². The molecule has 0 fully saturated rings. The van der Waals surface area contributed by atoms with Gasteiger partial charge in [0.05, 0.1) is 23.1 Å². The molecule has 2 heterocycles. The number of H-pyrrole nitrogens is 1. The molecule has 0 unspecified atom stereocenters. The summed E-state index contributed by atoms with van der Waals surface area (Å²) in [7, 11) is 2.09. The fourth-order valence-corrected chi connectivity index (χ4v) is 2.64. The molecule has 0 aliphatic rings. The van der Waals surface area contributed by atoms with Gasteiger partial charge in [-0.1, -0.05) is 18.2 Å². The van der Waals surface area contributed by atoms with Crippen molar-refractivity contribution in [1.82, 2.24) is 14.5 Å². The fraction of sp³-hybridized carbons (Fsp3) is 0.267. The second-order valence-electron chi connectivity index (χ2n) is 4.88. The Morgan fingerprint density at radius 3 is 2.95 bits per heavy atom. The lowest BCUT2D eigenvalue weighted by Gasteiger charge is -2.04. The first-order valence-electron chi connectivity index (χ1n) is 6.50. The van der Waals surface area contributed by atoms with Crippen LogP contribution in [0.3, 0.4) is 0 Å². The van der Waals surface area contributed by atoms with Crippen molar-refractivity contribution in [2.75, 3.05) is 6.54 Å². The zero-order valence-electron chi connectivity index (χ0n) is 11.3. The molecule has 4 nitrogen and oxygen atoms in total. The Kier molecular flexibility index (Phi) is 2.87. The summed E-state index contributed by atoms with van der Waals surface area (Å²) in [5.74, 6) is 0.944. The van der Waals surface area contributed by atoms with Crippen molar-refractivity contribution in [3.05, 3.63) is 41.9 Å². The van der Waals surface area contributed by atoms with Gasteiger partial charge in [0.2, 0.25) is 0 Å². The zero-order valence-corrected chi connectivity index (χ0v) is 11.3. The van der Waals surface area contributed by atoms with E-state index in [2.05, 4.69) is 52.8 Å². The number of nitrogens with zero attached hydrogens (tertiary/aromatic N) is 2. The minimum Gasteiger partial charge on any atom is -0.342 e. The summed E-state index contributed by atoms with van der Waals surface area (Å²) < 4.78 is 2.21. The standard InChI is InChI=1S/C15H18N4/c1-10-4-3-5-11-8-13(19(2)15(10)11)12-9-17-14(18-12)6-7-16/h3-5,8-9H,6-7,16H2,1-2H3,(H,17,18). The van der Waals surface area contributed by atoms with E-state index in [1.807, 2.05) is 6.20 Å². The van der Waals surface area contributed by atoms with E-state index in [9.17, 15) is 0 Å². The number of aryl methyl sites for hydroxylation is 2. The molecule has 2 aromatic heterocycles. The molecule has 0 aliphatic carbocycles. The number of hydrogen-bond donors (Lipinski definition) is 2. The summed E-state index contributed by atoms with van der Waals surface area (Å²) in [6, 6.07) is 8.57. The largest absolute Gasteiger partial charge is 0.342 e. The number of aromatic amines is 1. The first-order chi connectivity index (χ1) is 9.20. The lowest BCUT2D eigenvalue weighted by atomic mass is 10.2. The molecule has 0 radical (unpaired) electrons. The molecule has 1 aromatic carbocycles. The minimum atomic E-state index is 0.612. The third-order valence-corrected chi connectivity index (χ3v) is 3.54. The molecule has 0 amide bonds. The van der Waals surface area contributed by atoms with E-state index in [0.717, 1.165) is 23.6 Å². The zero-order chi connectivity index (χ0) is 13.4. The molecule has 3 N–H and O–H groups in total. The van der Waals surface area contributed by atoms with Gasteiger partial charge in [0, 0.05) is 18.9 Å². The third kappa shape index (κ3) is 1.94. The number of benzene rings is 1. The Morgan fingerprint density at radius 1 is 1.37 bits per heavy atom. The molecule has 3 aromatic rings. The highest BCUT2D eigenvalue weighted by Crippen LogP contribution is 2.28. The molecule has 3 rings (SSSR count).